The Labute approximate surface area is 144 Å². The Morgan fingerprint density at radius 3 is 2.28 bits per heavy atom. The fourth-order valence-corrected chi connectivity index (χ4v) is 2.79. The number of carbonyl (C=O) groups is 2. The Kier molecular flexibility index (Phi) is 4.43. The number of amides is 1. The van der Waals surface area contributed by atoms with Gasteiger partial charge in [-0.3, -0.25) is 14.6 Å². The van der Waals surface area contributed by atoms with Crippen molar-refractivity contribution in [2.75, 3.05) is 0 Å². The molecule has 1 heterocycles. The highest BCUT2D eigenvalue weighted by Crippen LogP contribution is 2.15. The molecule has 0 saturated heterocycles. The third kappa shape index (κ3) is 3.19. The molecule has 3 aromatic rings. The lowest BCUT2D eigenvalue weighted by Gasteiger charge is -2.05. The zero-order valence-corrected chi connectivity index (χ0v) is 14.1. The van der Waals surface area contributed by atoms with Crippen molar-refractivity contribution in [3.63, 3.8) is 0 Å². The van der Waals surface area contributed by atoms with Gasteiger partial charge in [0.1, 0.15) is 0 Å². The first-order valence-corrected chi connectivity index (χ1v) is 7.81. The van der Waals surface area contributed by atoms with E-state index in [1.165, 1.54) is 6.92 Å². The molecule has 6 nitrogen and oxygen atoms in total. The number of aromatic nitrogens is 2. The molecule has 1 amide bonds. The van der Waals surface area contributed by atoms with Crippen LogP contribution in [0, 0.1) is 0 Å². The van der Waals surface area contributed by atoms with E-state index >= 15 is 0 Å². The van der Waals surface area contributed by atoms with Gasteiger partial charge in [0, 0.05) is 19.5 Å². The number of Topliss-reactive ketones (excluding diaryl/α,β-unsaturated/α-hetero) is 1. The first-order chi connectivity index (χ1) is 12.0. The Bertz CT molecular complexity index is 1040. The molecule has 0 bridgehead atoms. The molecule has 0 unspecified atom stereocenters. The normalized spacial score (nSPS) is 11.7. The van der Waals surface area contributed by atoms with Gasteiger partial charge in [0.2, 0.25) is 11.5 Å². The molecule has 0 aliphatic heterocycles. The van der Waals surface area contributed by atoms with E-state index < -0.39 is 0 Å². The zero-order chi connectivity index (χ0) is 18.0. The first kappa shape index (κ1) is 16.6. The summed E-state index contributed by atoms with van der Waals surface area (Å²) in [5.74, 6) is -0.384. The maximum Gasteiger partial charge on any atom is 0.245 e. The van der Waals surface area contributed by atoms with Crippen molar-refractivity contribution in [1.82, 2.24) is 9.13 Å². The summed E-state index contributed by atoms with van der Waals surface area (Å²) in [6.45, 7) is 4.95. The van der Waals surface area contributed by atoms with Crippen LogP contribution in [-0.2, 0) is 18.4 Å². The van der Waals surface area contributed by atoms with Gasteiger partial charge in [-0.05, 0) is 43.1 Å². The molecule has 1 aromatic heterocycles. The van der Waals surface area contributed by atoms with Crippen molar-refractivity contribution >= 4 is 35.1 Å². The number of para-hydroxylation sites is 2. The van der Waals surface area contributed by atoms with Crippen LogP contribution >= 0.6 is 0 Å². The lowest BCUT2D eigenvalue weighted by Crippen LogP contribution is -2.28. The number of aliphatic imine (C=N–C) groups is 1. The molecule has 0 atom stereocenters. The van der Waals surface area contributed by atoms with Gasteiger partial charge < -0.3 is 9.13 Å². The lowest BCUT2D eigenvalue weighted by molar-refractivity contribution is -0.116. The highest BCUT2D eigenvalue weighted by Gasteiger charge is 2.14. The summed E-state index contributed by atoms with van der Waals surface area (Å²) in [6.07, 6.45) is 0. The van der Waals surface area contributed by atoms with Gasteiger partial charge in [-0.1, -0.05) is 12.1 Å². The average molecular weight is 334 g/mol. The predicted octanol–water partition coefficient (Wildman–Crippen LogP) is 2.64. The number of imidazole rings is 1. The summed E-state index contributed by atoms with van der Waals surface area (Å²) in [5.41, 5.74) is 3.49. The van der Waals surface area contributed by atoms with E-state index in [2.05, 4.69) is 16.7 Å². The van der Waals surface area contributed by atoms with E-state index in [0.717, 1.165) is 11.0 Å². The Morgan fingerprint density at radius 2 is 1.68 bits per heavy atom. The van der Waals surface area contributed by atoms with Crippen molar-refractivity contribution < 1.29 is 9.59 Å². The second kappa shape index (κ2) is 6.68. The van der Waals surface area contributed by atoms with Gasteiger partial charge in [0.15, 0.2) is 5.78 Å². The van der Waals surface area contributed by atoms with Gasteiger partial charge in [-0.2, -0.15) is 4.99 Å². The van der Waals surface area contributed by atoms with Gasteiger partial charge >= 0.3 is 0 Å². The fourth-order valence-electron chi connectivity index (χ4n) is 2.79. The highest BCUT2D eigenvalue weighted by molar-refractivity contribution is 5.97. The molecule has 0 aliphatic carbocycles. The number of hydrogen-bond acceptors (Lipinski definition) is 3. The van der Waals surface area contributed by atoms with Crippen LogP contribution in [0.1, 0.15) is 17.3 Å². The Morgan fingerprint density at radius 1 is 1.04 bits per heavy atom. The van der Waals surface area contributed by atoms with Crippen LogP contribution < -0.4 is 5.62 Å². The van der Waals surface area contributed by atoms with Crippen molar-refractivity contribution in [2.24, 2.45) is 17.0 Å². The van der Waals surface area contributed by atoms with Gasteiger partial charge in [-0.25, -0.2) is 0 Å². The summed E-state index contributed by atoms with van der Waals surface area (Å²) in [7, 11) is 1.83. The molecule has 0 N–H and O–H groups in total. The third-order valence-electron chi connectivity index (χ3n) is 4.01. The van der Waals surface area contributed by atoms with Crippen LogP contribution in [0.15, 0.2) is 58.5 Å². The monoisotopic (exact) mass is 334 g/mol. The molecule has 126 valence electrons. The van der Waals surface area contributed by atoms with Crippen molar-refractivity contribution in [2.45, 2.75) is 13.5 Å². The summed E-state index contributed by atoms with van der Waals surface area (Å²) in [6, 6.07) is 14.6. The molecule has 3 rings (SSSR count). The van der Waals surface area contributed by atoms with Crippen LogP contribution in [-0.4, -0.2) is 27.5 Å². The second-order valence-corrected chi connectivity index (χ2v) is 5.69. The number of nitrogens with zero attached hydrogens (tertiary/aromatic N) is 4. The standard InChI is InChI=1S/C19H18N4O2/c1-13(24)21-19-22(3)16-6-4-5-7-17(16)23(19)12-18(25)14-8-10-15(20-2)11-9-14/h4-11H,2,12H2,1,3H3/b21-19-. The van der Waals surface area contributed by atoms with Crippen LogP contribution in [0.3, 0.4) is 0 Å². The Hall–Kier alpha value is -3.28. The first-order valence-electron chi connectivity index (χ1n) is 7.81. The van der Waals surface area contributed by atoms with Crippen LogP contribution in [0.25, 0.3) is 11.0 Å². The lowest BCUT2D eigenvalue weighted by atomic mass is 10.1. The van der Waals surface area contributed by atoms with Gasteiger partial charge in [0.05, 0.1) is 23.3 Å². The van der Waals surface area contributed by atoms with E-state index in [1.807, 2.05) is 35.9 Å². The molecule has 0 radical (unpaired) electrons. The highest BCUT2D eigenvalue weighted by atomic mass is 16.1. The number of aryl methyl sites for hydroxylation is 1. The minimum absolute atomic E-state index is 0.0723. The number of carbonyl (C=O) groups excluding carboxylic acids is 2. The number of fused-ring (bicyclic) bond motifs is 1. The van der Waals surface area contributed by atoms with Crippen molar-refractivity contribution in [3.8, 4) is 0 Å². The maximum atomic E-state index is 12.7. The summed E-state index contributed by atoms with van der Waals surface area (Å²) < 4.78 is 3.58. The molecule has 25 heavy (non-hydrogen) atoms. The molecule has 0 saturated carbocycles. The minimum atomic E-state index is -0.312. The van der Waals surface area contributed by atoms with E-state index in [1.54, 1.807) is 28.8 Å². The number of ketones is 1. The predicted molar refractivity (Wildman–Crippen MR) is 97.1 cm³/mol. The van der Waals surface area contributed by atoms with Crippen molar-refractivity contribution in [1.29, 1.82) is 0 Å². The van der Waals surface area contributed by atoms with E-state index in [4.69, 9.17) is 0 Å². The quantitative estimate of drug-likeness (QED) is 0.544. The van der Waals surface area contributed by atoms with E-state index in [9.17, 15) is 9.59 Å². The summed E-state index contributed by atoms with van der Waals surface area (Å²) in [5, 5.41) is 0. The summed E-state index contributed by atoms with van der Waals surface area (Å²) in [4.78, 5) is 32.1. The topological polar surface area (TPSA) is 68.7 Å². The molecule has 6 heteroatoms. The SMILES string of the molecule is C=Nc1ccc(C(=O)Cn2/c(=N\C(C)=O)n(C)c3ccccc32)cc1. The minimum Gasteiger partial charge on any atom is -0.313 e. The number of rotatable bonds is 4. The number of hydrogen-bond donors (Lipinski definition) is 0. The van der Waals surface area contributed by atoms with Gasteiger partial charge in [-0.15, -0.1) is 0 Å². The Balaban J connectivity index is 2.09. The molecular formula is C19H18N4O2. The van der Waals surface area contributed by atoms with Crippen LogP contribution in [0.4, 0.5) is 5.69 Å². The van der Waals surface area contributed by atoms with E-state index in [0.29, 0.717) is 16.9 Å². The molecular weight excluding hydrogens is 316 g/mol. The smallest absolute Gasteiger partial charge is 0.245 e. The summed E-state index contributed by atoms with van der Waals surface area (Å²) >= 11 is 0. The molecule has 0 spiro atoms. The van der Waals surface area contributed by atoms with Gasteiger partial charge in [0.25, 0.3) is 0 Å². The van der Waals surface area contributed by atoms with E-state index in [-0.39, 0.29) is 18.2 Å². The molecule has 0 aliphatic rings. The van der Waals surface area contributed by atoms with Crippen LogP contribution in [0.2, 0.25) is 0 Å². The third-order valence-corrected chi connectivity index (χ3v) is 4.01. The average Bonchev–Trinajstić information content (AvgIpc) is 2.87. The zero-order valence-electron chi connectivity index (χ0n) is 14.1. The fraction of sp³-hybridized carbons (Fsp3) is 0.158. The number of benzene rings is 2. The molecule has 0 fully saturated rings. The molecule has 2 aromatic carbocycles. The second-order valence-electron chi connectivity index (χ2n) is 5.69. The van der Waals surface area contributed by atoms with Crippen molar-refractivity contribution in [3.05, 3.63) is 59.7 Å². The maximum absolute atomic E-state index is 12.7. The largest absolute Gasteiger partial charge is 0.313 e. The van der Waals surface area contributed by atoms with Crippen LogP contribution in [0.5, 0.6) is 0 Å².